The van der Waals surface area contributed by atoms with Crippen LogP contribution in [0, 0.1) is 5.92 Å². The van der Waals surface area contributed by atoms with E-state index in [1.807, 2.05) is 59.2 Å². The van der Waals surface area contributed by atoms with E-state index in [1.165, 1.54) is 11.8 Å². The molecule has 9 nitrogen and oxygen atoms in total. The number of para-hydroxylation sites is 1. The number of nitrogens with zero attached hydrogens (tertiary/aromatic N) is 4. The fourth-order valence-electron chi connectivity index (χ4n) is 3.86. The van der Waals surface area contributed by atoms with Crippen molar-refractivity contribution in [3.63, 3.8) is 0 Å². The molecule has 1 saturated carbocycles. The van der Waals surface area contributed by atoms with Crippen LogP contribution in [-0.4, -0.2) is 58.6 Å². The topological polar surface area (TPSA) is 101 Å². The molecule has 5 rings (SSSR count). The normalized spacial score (nSPS) is 15.6. The smallest absolute Gasteiger partial charge is 0.232 e. The summed E-state index contributed by atoms with van der Waals surface area (Å²) in [5.41, 5.74) is 2.64. The highest BCUT2D eigenvalue weighted by Crippen LogP contribution is 2.30. The van der Waals surface area contributed by atoms with Gasteiger partial charge in [-0.2, -0.15) is 0 Å². The van der Waals surface area contributed by atoms with Gasteiger partial charge in [-0.25, -0.2) is 0 Å². The molecule has 1 aliphatic heterocycles. The molecule has 35 heavy (non-hydrogen) atoms. The Balaban J connectivity index is 1.20. The first-order valence-electron chi connectivity index (χ1n) is 11.8. The van der Waals surface area contributed by atoms with Gasteiger partial charge in [0, 0.05) is 31.2 Å². The molecule has 2 amide bonds. The van der Waals surface area contributed by atoms with Crippen molar-refractivity contribution in [2.45, 2.75) is 24.5 Å². The number of carbonyl (C=O) groups excluding carboxylic acids is 2. The SMILES string of the molecule is O=C(CSc1nnc(N2CCOCC2)n1-c1ccccc1)NCc1cccc(NC(=O)C2CC2)c1. The summed E-state index contributed by atoms with van der Waals surface area (Å²) in [6, 6.07) is 17.5. The first-order valence-corrected chi connectivity index (χ1v) is 12.8. The summed E-state index contributed by atoms with van der Waals surface area (Å²) in [4.78, 5) is 26.8. The minimum atomic E-state index is -0.0991. The number of nitrogens with one attached hydrogen (secondary N) is 2. The number of rotatable bonds is 9. The largest absolute Gasteiger partial charge is 0.378 e. The standard InChI is InChI=1S/C25H28N6O3S/c32-22(26-16-18-5-4-6-20(15-18)27-23(33)19-9-10-19)17-35-25-29-28-24(30-11-13-34-14-12-30)31(25)21-7-2-1-3-8-21/h1-8,15,19H,9-14,16-17H2,(H,26,32)(H,27,33). The molecule has 10 heteroatoms. The minimum Gasteiger partial charge on any atom is -0.378 e. The van der Waals surface area contributed by atoms with Gasteiger partial charge in [-0.3, -0.25) is 14.2 Å². The van der Waals surface area contributed by atoms with Gasteiger partial charge in [-0.1, -0.05) is 42.1 Å². The highest BCUT2D eigenvalue weighted by Gasteiger charge is 2.29. The Hall–Kier alpha value is -3.37. The van der Waals surface area contributed by atoms with E-state index in [0.29, 0.717) is 24.9 Å². The Morgan fingerprint density at radius 1 is 1.03 bits per heavy atom. The number of carbonyl (C=O) groups is 2. The third-order valence-corrected chi connectivity index (χ3v) is 6.82. The van der Waals surface area contributed by atoms with Gasteiger partial charge >= 0.3 is 0 Å². The summed E-state index contributed by atoms with van der Waals surface area (Å²) >= 11 is 1.35. The molecule has 0 unspecified atom stereocenters. The Morgan fingerprint density at radius 3 is 2.60 bits per heavy atom. The van der Waals surface area contributed by atoms with Gasteiger partial charge in [0.25, 0.3) is 0 Å². The second kappa shape index (κ2) is 10.9. The van der Waals surface area contributed by atoms with Gasteiger partial charge in [0.15, 0.2) is 5.16 Å². The van der Waals surface area contributed by atoms with Crippen molar-refractivity contribution >= 4 is 35.2 Å². The highest BCUT2D eigenvalue weighted by molar-refractivity contribution is 7.99. The lowest BCUT2D eigenvalue weighted by Crippen LogP contribution is -2.37. The fourth-order valence-corrected chi connectivity index (χ4v) is 4.63. The van der Waals surface area contributed by atoms with Gasteiger partial charge in [0.1, 0.15) is 0 Å². The third-order valence-electron chi connectivity index (χ3n) is 5.89. The molecule has 0 atom stereocenters. The first-order chi connectivity index (χ1) is 17.2. The molecule has 1 aromatic heterocycles. The summed E-state index contributed by atoms with van der Waals surface area (Å²) in [6.07, 6.45) is 1.93. The van der Waals surface area contributed by atoms with Crippen molar-refractivity contribution in [2.75, 3.05) is 42.3 Å². The maximum absolute atomic E-state index is 12.6. The maximum Gasteiger partial charge on any atom is 0.232 e. The number of anilines is 2. The molecule has 1 aliphatic carbocycles. The average molecular weight is 493 g/mol. The van der Waals surface area contributed by atoms with E-state index < -0.39 is 0 Å². The van der Waals surface area contributed by atoms with Crippen LogP contribution < -0.4 is 15.5 Å². The lowest BCUT2D eigenvalue weighted by atomic mass is 10.2. The second-order valence-electron chi connectivity index (χ2n) is 8.58. The molecule has 0 spiro atoms. The van der Waals surface area contributed by atoms with Crippen molar-refractivity contribution in [3.8, 4) is 5.69 Å². The number of morpholine rings is 1. The summed E-state index contributed by atoms with van der Waals surface area (Å²) < 4.78 is 7.47. The highest BCUT2D eigenvalue weighted by atomic mass is 32.2. The summed E-state index contributed by atoms with van der Waals surface area (Å²) in [5, 5.41) is 15.4. The minimum absolute atomic E-state index is 0.0709. The van der Waals surface area contributed by atoms with Crippen molar-refractivity contribution in [2.24, 2.45) is 5.92 Å². The van der Waals surface area contributed by atoms with Crippen molar-refractivity contribution in [3.05, 3.63) is 60.2 Å². The van der Waals surface area contributed by atoms with Crippen molar-refractivity contribution in [1.29, 1.82) is 0 Å². The van der Waals surface area contributed by atoms with E-state index in [-0.39, 0.29) is 23.5 Å². The molecule has 0 bridgehead atoms. The Bertz CT molecular complexity index is 1170. The number of thioether (sulfide) groups is 1. The van der Waals surface area contributed by atoms with Gasteiger partial charge < -0.3 is 20.3 Å². The molecule has 182 valence electrons. The van der Waals surface area contributed by atoms with E-state index >= 15 is 0 Å². The Morgan fingerprint density at radius 2 is 1.83 bits per heavy atom. The molecule has 2 heterocycles. The second-order valence-corrected chi connectivity index (χ2v) is 9.52. The quantitative estimate of drug-likeness (QED) is 0.443. The van der Waals surface area contributed by atoms with Gasteiger partial charge in [0.05, 0.1) is 24.7 Å². The van der Waals surface area contributed by atoms with Crippen LogP contribution >= 0.6 is 11.8 Å². The zero-order valence-electron chi connectivity index (χ0n) is 19.4. The molecular weight excluding hydrogens is 464 g/mol. The van der Waals surface area contributed by atoms with Crippen molar-refractivity contribution in [1.82, 2.24) is 20.1 Å². The molecule has 3 aromatic rings. The molecule has 2 fully saturated rings. The number of hydrogen-bond donors (Lipinski definition) is 2. The number of hydrogen-bond acceptors (Lipinski definition) is 7. The van der Waals surface area contributed by atoms with Gasteiger partial charge in [0.2, 0.25) is 17.8 Å². The van der Waals surface area contributed by atoms with Crippen LogP contribution in [0.5, 0.6) is 0 Å². The predicted octanol–water partition coefficient (Wildman–Crippen LogP) is 2.86. The number of benzene rings is 2. The zero-order chi connectivity index (χ0) is 24.0. The lowest BCUT2D eigenvalue weighted by Gasteiger charge is -2.27. The van der Waals surface area contributed by atoms with Crippen molar-refractivity contribution < 1.29 is 14.3 Å². The van der Waals surface area contributed by atoms with Gasteiger partial charge in [-0.05, 0) is 42.7 Å². The number of amides is 2. The van der Waals surface area contributed by atoms with Crippen LogP contribution in [0.15, 0.2) is 59.8 Å². The van der Waals surface area contributed by atoms with E-state index in [9.17, 15) is 9.59 Å². The number of aromatic nitrogens is 3. The van der Waals surface area contributed by atoms with Crippen LogP contribution in [-0.2, 0) is 20.9 Å². The maximum atomic E-state index is 12.6. The molecule has 2 N–H and O–H groups in total. The van der Waals surface area contributed by atoms with E-state index in [1.54, 1.807) is 0 Å². The van der Waals surface area contributed by atoms with Crippen LogP contribution in [0.25, 0.3) is 5.69 Å². The summed E-state index contributed by atoms with van der Waals surface area (Å²) in [5.74, 6) is 1.09. The van der Waals surface area contributed by atoms with E-state index in [4.69, 9.17) is 4.74 Å². The van der Waals surface area contributed by atoms with Crippen LogP contribution in [0.3, 0.4) is 0 Å². The molecule has 2 aromatic carbocycles. The van der Waals surface area contributed by atoms with Gasteiger partial charge in [-0.15, -0.1) is 10.2 Å². The monoisotopic (exact) mass is 492 g/mol. The summed E-state index contributed by atoms with van der Waals surface area (Å²) in [6.45, 7) is 3.18. The van der Waals surface area contributed by atoms with E-state index in [2.05, 4.69) is 25.7 Å². The van der Waals surface area contributed by atoms with Crippen LogP contribution in [0.4, 0.5) is 11.6 Å². The first kappa shape index (κ1) is 23.4. The molecular formula is C25H28N6O3S. The van der Waals surface area contributed by atoms with E-state index in [0.717, 1.165) is 48.8 Å². The predicted molar refractivity (Wildman–Crippen MR) is 135 cm³/mol. The zero-order valence-corrected chi connectivity index (χ0v) is 20.2. The molecule has 1 saturated heterocycles. The lowest BCUT2D eigenvalue weighted by molar-refractivity contribution is -0.119. The third kappa shape index (κ3) is 6.01. The summed E-state index contributed by atoms with van der Waals surface area (Å²) in [7, 11) is 0. The molecule has 2 aliphatic rings. The number of ether oxygens (including phenoxy) is 1. The molecule has 0 radical (unpaired) electrons. The average Bonchev–Trinajstić information content (AvgIpc) is 3.67. The fraction of sp³-hybridized carbons (Fsp3) is 0.360. The van der Waals surface area contributed by atoms with Crippen LogP contribution in [0.2, 0.25) is 0 Å². The van der Waals surface area contributed by atoms with Crippen LogP contribution in [0.1, 0.15) is 18.4 Å². The Kier molecular flexibility index (Phi) is 7.29. The Labute approximate surface area is 208 Å².